The third kappa shape index (κ3) is 8.47. The van der Waals surface area contributed by atoms with E-state index in [4.69, 9.17) is 0 Å². The molecule has 0 N–H and O–H groups in total. The molecule has 0 unspecified atom stereocenters. The second-order valence-corrected chi connectivity index (χ2v) is 6.83. The molecule has 0 amide bonds. The van der Waals surface area contributed by atoms with Crippen molar-refractivity contribution in [1.82, 2.24) is 19.6 Å². The van der Waals surface area contributed by atoms with Crippen molar-refractivity contribution in [1.29, 1.82) is 0 Å². The van der Waals surface area contributed by atoms with Crippen LogP contribution in [-0.2, 0) is 0 Å². The Labute approximate surface area is 139 Å². The summed E-state index contributed by atoms with van der Waals surface area (Å²) in [6, 6.07) is 0. The largest absolute Gasteiger partial charge is 0.304 e. The monoisotopic (exact) mass is 312 g/mol. The maximum atomic E-state index is 2.68. The van der Waals surface area contributed by atoms with Gasteiger partial charge < -0.3 is 19.6 Å². The molecule has 4 nitrogen and oxygen atoms in total. The smallest absolute Gasteiger partial charge is 0.0110 e. The summed E-state index contributed by atoms with van der Waals surface area (Å²) in [7, 11) is 2.28. The summed E-state index contributed by atoms with van der Waals surface area (Å²) in [6.07, 6.45) is 3.80. The summed E-state index contributed by atoms with van der Waals surface area (Å²) in [5.41, 5.74) is 0. The van der Waals surface area contributed by atoms with E-state index in [1.54, 1.807) is 0 Å². The highest BCUT2D eigenvalue weighted by Crippen LogP contribution is 2.01. The minimum absolute atomic E-state index is 1.20. The van der Waals surface area contributed by atoms with Crippen molar-refractivity contribution in [3.8, 4) is 0 Å². The van der Waals surface area contributed by atoms with E-state index >= 15 is 0 Å². The topological polar surface area (TPSA) is 13.0 Å². The molecular weight excluding hydrogens is 272 g/mol. The average molecular weight is 313 g/mol. The normalized spacial score (nSPS) is 22.4. The predicted octanol–water partition coefficient (Wildman–Crippen LogP) is 2.07. The van der Waals surface area contributed by atoms with Crippen LogP contribution in [0.2, 0.25) is 0 Å². The first kappa shape index (κ1) is 19.9. The number of hydrogen-bond donors (Lipinski definition) is 0. The van der Waals surface area contributed by atoms with Gasteiger partial charge in [0.25, 0.3) is 0 Å². The van der Waals surface area contributed by atoms with Crippen molar-refractivity contribution >= 4 is 0 Å². The average Bonchev–Trinajstić information content (AvgIpc) is 2.51. The fourth-order valence-corrected chi connectivity index (χ4v) is 3.26. The van der Waals surface area contributed by atoms with E-state index in [2.05, 4.69) is 47.4 Å². The van der Waals surface area contributed by atoms with E-state index in [1.807, 2.05) is 0 Å². The van der Waals surface area contributed by atoms with Crippen molar-refractivity contribution in [2.45, 2.75) is 40.0 Å². The van der Waals surface area contributed by atoms with Crippen molar-refractivity contribution in [3.63, 3.8) is 0 Å². The van der Waals surface area contributed by atoms with Gasteiger partial charge in [-0.2, -0.15) is 0 Å². The van der Waals surface area contributed by atoms with Crippen molar-refractivity contribution in [2.24, 2.45) is 0 Å². The lowest BCUT2D eigenvalue weighted by Gasteiger charge is -2.33. The summed E-state index contributed by atoms with van der Waals surface area (Å²) >= 11 is 0. The second-order valence-electron chi connectivity index (χ2n) is 6.83. The van der Waals surface area contributed by atoms with Crippen molar-refractivity contribution in [2.75, 3.05) is 79.0 Å². The van der Waals surface area contributed by atoms with Gasteiger partial charge in [0.1, 0.15) is 0 Å². The number of rotatable bonds is 6. The second kappa shape index (κ2) is 12.3. The highest BCUT2D eigenvalue weighted by Gasteiger charge is 2.13. The molecule has 1 rings (SSSR count). The highest BCUT2D eigenvalue weighted by molar-refractivity contribution is 4.70. The van der Waals surface area contributed by atoms with E-state index < -0.39 is 0 Å². The van der Waals surface area contributed by atoms with E-state index in [-0.39, 0.29) is 0 Å². The number of nitrogens with zero attached hydrogens (tertiary/aromatic N) is 4. The molecular formula is C18H40N4. The van der Waals surface area contributed by atoms with E-state index in [1.165, 1.54) is 91.3 Å². The van der Waals surface area contributed by atoms with Gasteiger partial charge in [-0.25, -0.2) is 0 Å². The van der Waals surface area contributed by atoms with Crippen LogP contribution in [0.25, 0.3) is 0 Å². The first-order valence-corrected chi connectivity index (χ1v) is 9.55. The molecule has 4 heteroatoms. The fraction of sp³-hybridized carbons (Fsp3) is 1.00. The summed E-state index contributed by atoms with van der Waals surface area (Å²) < 4.78 is 0. The van der Waals surface area contributed by atoms with Crippen LogP contribution < -0.4 is 0 Å². The molecule has 1 aliphatic heterocycles. The Morgan fingerprint density at radius 1 is 0.500 bits per heavy atom. The maximum absolute atomic E-state index is 2.68. The molecule has 1 fully saturated rings. The standard InChI is InChI=1S/C18H40N4/c1-5-8-20-13-11-19(4)12-14-21(9-6-2)16-18-22(10-7-3)17-15-20/h5-18H2,1-4H3. The molecule has 0 radical (unpaired) electrons. The molecule has 0 aromatic rings. The molecule has 22 heavy (non-hydrogen) atoms. The number of hydrogen-bond acceptors (Lipinski definition) is 4. The molecule has 1 aliphatic rings. The SMILES string of the molecule is CCCN1CCN(C)CCN(CCC)CCN(CCC)CC1. The van der Waals surface area contributed by atoms with Gasteiger partial charge >= 0.3 is 0 Å². The zero-order valence-electron chi connectivity index (χ0n) is 15.7. The minimum atomic E-state index is 1.20. The third-order valence-electron chi connectivity index (χ3n) is 4.68. The van der Waals surface area contributed by atoms with Crippen LogP contribution in [0, 0.1) is 0 Å². The van der Waals surface area contributed by atoms with Gasteiger partial charge in [0.2, 0.25) is 0 Å². The van der Waals surface area contributed by atoms with Gasteiger partial charge in [-0.05, 0) is 45.9 Å². The molecule has 132 valence electrons. The molecule has 0 aromatic carbocycles. The van der Waals surface area contributed by atoms with E-state index in [0.29, 0.717) is 0 Å². The summed E-state index contributed by atoms with van der Waals surface area (Å²) in [5.74, 6) is 0. The predicted molar refractivity (Wildman–Crippen MR) is 97.7 cm³/mol. The molecule has 1 heterocycles. The van der Waals surface area contributed by atoms with Crippen LogP contribution in [0.3, 0.4) is 0 Å². The quantitative estimate of drug-likeness (QED) is 0.744. The summed E-state index contributed by atoms with van der Waals surface area (Å²) in [5, 5.41) is 0. The van der Waals surface area contributed by atoms with Crippen LogP contribution in [0.15, 0.2) is 0 Å². The number of likely N-dealkylation sites (N-methyl/N-ethyl adjacent to an activating group) is 1. The molecule has 0 spiro atoms. The minimum Gasteiger partial charge on any atom is -0.304 e. The van der Waals surface area contributed by atoms with Gasteiger partial charge in [0.15, 0.2) is 0 Å². The zero-order chi connectivity index (χ0) is 16.2. The van der Waals surface area contributed by atoms with Crippen LogP contribution in [-0.4, -0.2) is 98.6 Å². The van der Waals surface area contributed by atoms with Crippen LogP contribution in [0.4, 0.5) is 0 Å². The summed E-state index contributed by atoms with van der Waals surface area (Å²) in [4.78, 5) is 10.5. The lowest BCUT2D eigenvalue weighted by molar-refractivity contribution is 0.142. The van der Waals surface area contributed by atoms with Gasteiger partial charge in [0, 0.05) is 52.4 Å². The fourth-order valence-electron chi connectivity index (χ4n) is 3.26. The zero-order valence-corrected chi connectivity index (χ0v) is 15.7. The Morgan fingerprint density at radius 2 is 0.773 bits per heavy atom. The Kier molecular flexibility index (Phi) is 11.1. The lowest BCUT2D eigenvalue weighted by atomic mass is 10.3. The maximum Gasteiger partial charge on any atom is 0.0110 e. The van der Waals surface area contributed by atoms with Crippen LogP contribution in [0.1, 0.15) is 40.0 Å². The molecule has 0 bridgehead atoms. The van der Waals surface area contributed by atoms with Crippen molar-refractivity contribution in [3.05, 3.63) is 0 Å². The first-order chi connectivity index (χ1) is 10.7. The van der Waals surface area contributed by atoms with Crippen LogP contribution in [0.5, 0.6) is 0 Å². The molecule has 0 saturated carbocycles. The Bertz CT molecular complexity index is 237. The van der Waals surface area contributed by atoms with Gasteiger partial charge in [0.05, 0.1) is 0 Å². The summed E-state index contributed by atoms with van der Waals surface area (Å²) in [6.45, 7) is 20.4. The van der Waals surface area contributed by atoms with Crippen LogP contribution >= 0.6 is 0 Å². The Hall–Kier alpha value is -0.160. The third-order valence-corrected chi connectivity index (χ3v) is 4.68. The molecule has 0 aliphatic carbocycles. The van der Waals surface area contributed by atoms with E-state index in [0.717, 1.165) is 0 Å². The van der Waals surface area contributed by atoms with Gasteiger partial charge in [-0.15, -0.1) is 0 Å². The lowest BCUT2D eigenvalue weighted by Crippen LogP contribution is -2.45. The van der Waals surface area contributed by atoms with E-state index in [9.17, 15) is 0 Å². The Morgan fingerprint density at radius 3 is 1.05 bits per heavy atom. The highest BCUT2D eigenvalue weighted by atomic mass is 15.3. The molecule has 0 aromatic heterocycles. The first-order valence-electron chi connectivity index (χ1n) is 9.55. The Balaban J connectivity index is 2.60. The van der Waals surface area contributed by atoms with Gasteiger partial charge in [-0.3, -0.25) is 0 Å². The molecule has 0 atom stereocenters. The molecule has 1 saturated heterocycles. The van der Waals surface area contributed by atoms with Gasteiger partial charge in [-0.1, -0.05) is 20.8 Å². The van der Waals surface area contributed by atoms with Crippen molar-refractivity contribution < 1.29 is 0 Å².